The van der Waals surface area contributed by atoms with Crippen LogP contribution in [0.3, 0.4) is 0 Å². The number of carbonyl (C=O) groups is 1. The van der Waals surface area contributed by atoms with E-state index in [4.69, 9.17) is 9.47 Å². The van der Waals surface area contributed by atoms with Crippen LogP contribution >= 0.6 is 11.8 Å². The second-order valence-electron chi connectivity index (χ2n) is 5.69. The molecule has 0 saturated carbocycles. The minimum atomic E-state index is -0.0811. The summed E-state index contributed by atoms with van der Waals surface area (Å²) >= 11 is 1.95. The minimum absolute atomic E-state index is 0.0128. The lowest BCUT2D eigenvalue weighted by molar-refractivity contribution is 0.211. The Morgan fingerprint density at radius 2 is 2.05 bits per heavy atom. The molecule has 1 aromatic carbocycles. The summed E-state index contributed by atoms with van der Waals surface area (Å²) in [4.78, 5) is 12.1. The maximum Gasteiger partial charge on any atom is 0.315 e. The Bertz CT molecular complexity index is 532. The van der Waals surface area contributed by atoms with E-state index < -0.39 is 0 Å². The van der Waals surface area contributed by atoms with Crippen molar-refractivity contribution in [3.8, 4) is 11.5 Å². The van der Waals surface area contributed by atoms with Crippen LogP contribution in [0.25, 0.3) is 0 Å². The number of carbonyl (C=O) groups excluding carboxylic acids is 1. The number of urea groups is 1. The van der Waals surface area contributed by atoms with Crippen molar-refractivity contribution in [2.75, 3.05) is 25.2 Å². The molecule has 2 N–H and O–H groups in total. The number of benzene rings is 1. The SMILES string of the molecule is COc1ccc2c(c1)OC[C@@H](NC(=O)NC1CCSCC1)C2. The van der Waals surface area contributed by atoms with E-state index in [2.05, 4.69) is 10.6 Å². The zero-order chi connectivity index (χ0) is 15.4. The van der Waals surface area contributed by atoms with Gasteiger partial charge < -0.3 is 20.1 Å². The van der Waals surface area contributed by atoms with E-state index in [0.29, 0.717) is 12.6 Å². The Hall–Kier alpha value is -1.56. The third kappa shape index (κ3) is 3.80. The first-order valence-corrected chi connectivity index (χ1v) is 8.84. The summed E-state index contributed by atoms with van der Waals surface area (Å²) in [5.41, 5.74) is 1.10. The van der Waals surface area contributed by atoms with Gasteiger partial charge in [-0.1, -0.05) is 6.07 Å². The maximum absolute atomic E-state index is 12.1. The van der Waals surface area contributed by atoms with Crippen LogP contribution in [0, 0.1) is 0 Å². The number of rotatable bonds is 3. The topological polar surface area (TPSA) is 59.6 Å². The molecule has 1 fully saturated rings. The normalized spacial score (nSPS) is 21.4. The van der Waals surface area contributed by atoms with E-state index >= 15 is 0 Å². The van der Waals surface area contributed by atoms with E-state index in [1.807, 2.05) is 30.0 Å². The number of ether oxygens (including phenoxy) is 2. The molecule has 0 aliphatic carbocycles. The van der Waals surface area contributed by atoms with Crippen LogP contribution in [0.15, 0.2) is 18.2 Å². The fourth-order valence-corrected chi connectivity index (χ4v) is 3.93. The number of thioether (sulfide) groups is 1. The number of methoxy groups -OCH3 is 1. The second-order valence-corrected chi connectivity index (χ2v) is 6.91. The van der Waals surface area contributed by atoms with Gasteiger partial charge in [0, 0.05) is 12.1 Å². The molecule has 0 bridgehead atoms. The summed E-state index contributed by atoms with van der Waals surface area (Å²) in [6.45, 7) is 0.494. The number of hydrogen-bond acceptors (Lipinski definition) is 4. The molecular weight excluding hydrogens is 300 g/mol. The van der Waals surface area contributed by atoms with Gasteiger partial charge in [-0.05, 0) is 42.4 Å². The van der Waals surface area contributed by atoms with Gasteiger partial charge >= 0.3 is 6.03 Å². The molecule has 0 unspecified atom stereocenters. The number of nitrogens with one attached hydrogen (secondary N) is 2. The summed E-state index contributed by atoms with van der Waals surface area (Å²) in [6.07, 6.45) is 2.90. The molecule has 1 atom stereocenters. The lowest BCUT2D eigenvalue weighted by Crippen LogP contribution is -2.50. The highest BCUT2D eigenvalue weighted by Crippen LogP contribution is 2.29. The Morgan fingerprint density at radius 1 is 1.27 bits per heavy atom. The highest BCUT2D eigenvalue weighted by atomic mass is 32.2. The van der Waals surface area contributed by atoms with Crippen LogP contribution in [0.5, 0.6) is 11.5 Å². The maximum atomic E-state index is 12.1. The van der Waals surface area contributed by atoms with E-state index in [1.54, 1.807) is 7.11 Å². The first-order valence-electron chi connectivity index (χ1n) is 7.69. The van der Waals surface area contributed by atoms with Crippen LogP contribution in [0.1, 0.15) is 18.4 Å². The Kier molecular flexibility index (Phi) is 4.97. The molecule has 1 saturated heterocycles. The third-order valence-corrected chi connectivity index (χ3v) is 5.12. The number of fused-ring (bicyclic) bond motifs is 1. The van der Waals surface area contributed by atoms with Gasteiger partial charge in [0.2, 0.25) is 0 Å². The minimum Gasteiger partial charge on any atom is -0.497 e. The van der Waals surface area contributed by atoms with Gasteiger partial charge in [-0.3, -0.25) is 0 Å². The molecule has 22 heavy (non-hydrogen) atoms. The van der Waals surface area contributed by atoms with Crippen molar-refractivity contribution in [1.82, 2.24) is 10.6 Å². The van der Waals surface area contributed by atoms with Gasteiger partial charge in [0.15, 0.2) is 0 Å². The molecule has 2 amide bonds. The van der Waals surface area contributed by atoms with Gasteiger partial charge in [0.05, 0.1) is 13.2 Å². The lowest BCUT2D eigenvalue weighted by Gasteiger charge is -2.28. The van der Waals surface area contributed by atoms with Crippen molar-refractivity contribution in [3.63, 3.8) is 0 Å². The van der Waals surface area contributed by atoms with E-state index in [9.17, 15) is 4.79 Å². The van der Waals surface area contributed by atoms with E-state index in [-0.39, 0.29) is 12.1 Å². The predicted molar refractivity (Wildman–Crippen MR) is 88.0 cm³/mol. The standard InChI is InChI=1S/C16H22N2O3S/c1-20-14-3-2-11-8-13(10-21-15(11)9-14)18-16(19)17-12-4-6-22-7-5-12/h2-3,9,12-13H,4-8,10H2,1H3,(H2,17,18,19)/t13-/m0/s1. The van der Waals surface area contributed by atoms with E-state index in [0.717, 1.165) is 47.8 Å². The number of amides is 2. The van der Waals surface area contributed by atoms with Crippen molar-refractivity contribution < 1.29 is 14.3 Å². The van der Waals surface area contributed by atoms with Crippen LogP contribution < -0.4 is 20.1 Å². The van der Waals surface area contributed by atoms with Crippen molar-refractivity contribution in [1.29, 1.82) is 0 Å². The van der Waals surface area contributed by atoms with Crippen molar-refractivity contribution in [3.05, 3.63) is 23.8 Å². The van der Waals surface area contributed by atoms with Gasteiger partial charge in [-0.15, -0.1) is 0 Å². The quantitative estimate of drug-likeness (QED) is 0.896. The Morgan fingerprint density at radius 3 is 2.82 bits per heavy atom. The summed E-state index contributed by atoms with van der Waals surface area (Å²) < 4.78 is 10.9. The van der Waals surface area contributed by atoms with Gasteiger partial charge in [-0.2, -0.15) is 11.8 Å². The third-order valence-electron chi connectivity index (χ3n) is 4.07. The molecule has 0 spiro atoms. The molecule has 120 valence electrons. The fourth-order valence-electron chi connectivity index (χ4n) is 2.83. The van der Waals surface area contributed by atoms with Gasteiger partial charge in [0.1, 0.15) is 18.1 Å². The largest absolute Gasteiger partial charge is 0.497 e. The summed E-state index contributed by atoms with van der Waals surface area (Å²) in [5.74, 6) is 3.90. The molecule has 1 aromatic rings. The smallest absolute Gasteiger partial charge is 0.315 e. The first kappa shape index (κ1) is 15.3. The van der Waals surface area contributed by atoms with E-state index in [1.165, 1.54) is 0 Å². The average molecular weight is 322 g/mol. The Labute approximate surface area is 135 Å². The molecule has 3 rings (SSSR count). The lowest BCUT2D eigenvalue weighted by atomic mass is 10.0. The van der Waals surface area contributed by atoms with Crippen molar-refractivity contribution in [2.24, 2.45) is 0 Å². The van der Waals surface area contributed by atoms with Crippen molar-refractivity contribution in [2.45, 2.75) is 31.3 Å². The molecule has 2 aliphatic heterocycles. The first-order chi connectivity index (χ1) is 10.7. The molecular formula is C16H22N2O3S. The second kappa shape index (κ2) is 7.13. The van der Waals surface area contributed by atoms with Gasteiger partial charge in [0.25, 0.3) is 0 Å². The highest BCUT2D eigenvalue weighted by Gasteiger charge is 2.23. The van der Waals surface area contributed by atoms with Crippen LogP contribution in [-0.2, 0) is 6.42 Å². The summed E-state index contributed by atoms with van der Waals surface area (Å²) in [6, 6.07) is 6.05. The molecule has 5 nitrogen and oxygen atoms in total. The highest BCUT2D eigenvalue weighted by molar-refractivity contribution is 7.99. The van der Waals surface area contributed by atoms with Crippen molar-refractivity contribution >= 4 is 17.8 Å². The summed E-state index contributed by atoms with van der Waals surface area (Å²) in [5, 5.41) is 6.09. The monoisotopic (exact) mass is 322 g/mol. The van der Waals surface area contributed by atoms with Crippen LogP contribution in [0.4, 0.5) is 4.79 Å². The van der Waals surface area contributed by atoms with Gasteiger partial charge in [-0.25, -0.2) is 4.79 Å². The van der Waals surface area contributed by atoms with Crippen LogP contribution in [-0.4, -0.2) is 43.3 Å². The average Bonchev–Trinajstić information content (AvgIpc) is 2.55. The molecule has 6 heteroatoms. The van der Waals surface area contributed by atoms with Crippen LogP contribution in [0.2, 0.25) is 0 Å². The molecule has 0 aromatic heterocycles. The molecule has 0 radical (unpaired) electrons. The molecule has 2 heterocycles. The zero-order valence-corrected chi connectivity index (χ0v) is 13.6. The zero-order valence-electron chi connectivity index (χ0n) is 12.8. The predicted octanol–water partition coefficient (Wildman–Crippen LogP) is 2.19. The summed E-state index contributed by atoms with van der Waals surface area (Å²) in [7, 11) is 1.64. The number of hydrogen-bond donors (Lipinski definition) is 2. The molecule has 2 aliphatic rings. The Balaban J connectivity index is 1.52. The fraction of sp³-hybridized carbons (Fsp3) is 0.562.